The van der Waals surface area contributed by atoms with Crippen LogP contribution >= 0.6 is 0 Å². The first-order chi connectivity index (χ1) is 9.24. The van der Waals surface area contributed by atoms with E-state index in [1.54, 1.807) is 11.8 Å². The van der Waals surface area contributed by atoms with Crippen molar-refractivity contribution in [1.82, 2.24) is 15.0 Å². The van der Waals surface area contributed by atoms with Gasteiger partial charge in [-0.2, -0.15) is 0 Å². The quantitative estimate of drug-likeness (QED) is 0.670. The normalized spacial score (nSPS) is 14.8. The number of hydrogen-bond acceptors (Lipinski definition) is 5. The summed E-state index contributed by atoms with van der Waals surface area (Å²) >= 11 is 0. The Balaban J connectivity index is 1.84. The first-order valence-corrected chi connectivity index (χ1v) is 6.47. The van der Waals surface area contributed by atoms with Crippen LogP contribution in [0.4, 0.5) is 0 Å². The summed E-state index contributed by atoms with van der Waals surface area (Å²) in [7, 11) is 1.63. The minimum Gasteiger partial charge on any atom is -0.476 e. The smallest absolute Gasteiger partial charge is 0.358 e. The van der Waals surface area contributed by atoms with Gasteiger partial charge in [-0.05, 0) is 19.3 Å². The van der Waals surface area contributed by atoms with Gasteiger partial charge >= 0.3 is 5.97 Å². The molecule has 1 aliphatic rings. The maximum absolute atomic E-state index is 11.1. The molecule has 1 aromatic heterocycles. The zero-order chi connectivity index (χ0) is 13.7. The number of ether oxygens (including phenoxy) is 2. The molecule has 19 heavy (non-hydrogen) atoms. The van der Waals surface area contributed by atoms with Gasteiger partial charge in [-0.25, -0.2) is 9.48 Å². The molecule has 0 atom stereocenters. The molecule has 1 N–H and O–H groups in total. The van der Waals surface area contributed by atoms with E-state index in [0.717, 1.165) is 25.0 Å². The molecule has 7 heteroatoms. The van der Waals surface area contributed by atoms with Crippen LogP contribution in [0.15, 0.2) is 0 Å². The summed E-state index contributed by atoms with van der Waals surface area (Å²) < 4.78 is 11.9. The van der Waals surface area contributed by atoms with Gasteiger partial charge in [0.15, 0.2) is 5.69 Å². The lowest BCUT2D eigenvalue weighted by molar-refractivity contribution is 0.0675. The van der Waals surface area contributed by atoms with Crippen molar-refractivity contribution in [3.05, 3.63) is 11.4 Å². The number of nitrogens with zero attached hydrogens (tertiary/aromatic N) is 3. The van der Waals surface area contributed by atoms with Gasteiger partial charge in [0.25, 0.3) is 0 Å². The van der Waals surface area contributed by atoms with Crippen LogP contribution in [0.3, 0.4) is 0 Å². The number of aryl methyl sites for hydroxylation is 1. The van der Waals surface area contributed by atoms with Crippen molar-refractivity contribution in [2.24, 2.45) is 0 Å². The minimum atomic E-state index is -0.996. The van der Waals surface area contributed by atoms with Crippen LogP contribution in [0.25, 0.3) is 0 Å². The molecule has 0 aromatic carbocycles. The Bertz CT molecular complexity index is 429. The van der Waals surface area contributed by atoms with Crippen LogP contribution in [0, 0.1) is 0 Å². The van der Waals surface area contributed by atoms with E-state index in [9.17, 15) is 4.79 Å². The summed E-state index contributed by atoms with van der Waals surface area (Å²) in [6.45, 7) is 2.40. The number of hydrogen-bond donors (Lipinski definition) is 1. The summed E-state index contributed by atoms with van der Waals surface area (Å²) in [5.74, 6) is -0.681. The van der Waals surface area contributed by atoms with Crippen LogP contribution in [0.1, 0.15) is 41.4 Å². The number of rotatable bonds is 9. The molecule has 0 unspecified atom stereocenters. The van der Waals surface area contributed by atoms with E-state index in [-0.39, 0.29) is 5.69 Å². The van der Waals surface area contributed by atoms with Gasteiger partial charge in [0.2, 0.25) is 0 Å². The topological polar surface area (TPSA) is 86.5 Å². The van der Waals surface area contributed by atoms with Crippen molar-refractivity contribution in [3.63, 3.8) is 0 Å². The monoisotopic (exact) mass is 269 g/mol. The molecule has 0 spiro atoms. The predicted octanol–water partition coefficient (Wildman–Crippen LogP) is 0.907. The van der Waals surface area contributed by atoms with Crippen LogP contribution in [-0.2, 0) is 16.0 Å². The largest absolute Gasteiger partial charge is 0.476 e. The predicted molar refractivity (Wildman–Crippen MR) is 66.3 cm³/mol. The summed E-state index contributed by atoms with van der Waals surface area (Å²) in [6.07, 6.45) is 2.84. The Labute approximate surface area is 111 Å². The SMILES string of the molecule is COCCOCCCn1nnc(C(=O)O)c1C1CC1. The molecule has 0 aliphatic heterocycles. The van der Waals surface area contributed by atoms with Crippen molar-refractivity contribution in [1.29, 1.82) is 0 Å². The molecule has 0 bridgehead atoms. The van der Waals surface area contributed by atoms with Gasteiger partial charge in [0.1, 0.15) is 0 Å². The molecule has 1 saturated carbocycles. The fourth-order valence-corrected chi connectivity index (χ4v) is 1.96. The van der Waals surface area contributed by atoms with Crippen molar-refractivity contribution in [2.75, 3.05) is 26.9 Å². The van der Waals surface area contributed by atoms with E-state index >= 15 is 0 Å². The lowest BCUT2D eigenvalue weighted by atomic mass is 10.2. The molecule has 1 aliphatic carbocycles. The van der Waals surface area contributed by atoms with E-state index in [1.807, 2.05) is 0 Å². The Morgan fingerprint density at radius 3 is 2.84 bits per heavy atom. The van der Waals surface area contributed by atoms with Crippen molar-refractivity contribution < 1.29 is 19.4 Å². The highest BCUT2D eigenvalue weighted by molar-refractivity contribution is 5.86. The minimum absolute atomic E-state index is 0.0998. The number of aromatic nitrogens is 3. The molecule has 1 aromatic rings. The zero-order valence-electron chi connectivity index (χ0n) is 11.0. The van der Waals surface area contributed by atoms with Gasteiger partial charge in [-0.3, -0.25) is 0 Å². The van der Waals surface area contributed by atoms with E-state index < -0.39 is 5.97 Å². The zero-order valence-corrected chi connectivity index (χ0v) is 11.0. The van der Waals surface area contributed by atoms with E-state index in [0.29, 0.717) is 32.3 Å². The van der Waals surface area contributed by atoms with Crippen LogP contribution in [0.5, 0.6) is 0 Å². The maximum Gasteiger partial charge on any atom is 0.358 e. The Morgan fingerprint density at radius 2 is 2.21 bits per heavy atom. The molecule has 0 radical (unpaired) electrons. The number of carboxylic acids is 1. The molecular weight excluding hydrogens is 250 g/mol. The highest BCUT2D eigenvalue weighted by Gasteiger charge is 2.33. The first-order valence-electron chi connectivity index (χ1n) is 6.47. The third-order valence-corrected chi connectivity index (χ3v) is 3.03. The highest BCUT2D eigenvalue weighted by atomic mass is 16.5. The third-order valence-electron chi connectivity index (χ3n) is 3.03. The van der Waals surface area contributed by atoms with Crippen molar-refractivity contribution >= 4 is 5.97 Å². The average Bonchev–Trinajstić information content (AvgIpc) is 3.14. The standard InChI is InChI=1S/C12H19N3O4/c1-18-7-8-19-6-2-5-15-11(9-3-4-9)10(12(16)17)13-14-15/h9H,2-8H2,1H3,(H,16,17). The summed E-state index contributed by atoms with van der Waals surface area (Å²) in [4.78, 5) is 11.1. The summed E-state index contributed by atoms with van der Waals surface area (Å²) in [5, 5.41) is 16.8. The molecule has 7 nitrogen and oxygen atoms in total. The molecule has 106 valence electrons. The van der Waals surface area contributed by atoms with Gasteiger partial charge < -0.3 is 14.6 Å². The average molecular weight is 269 g/mol. The Morgan fingerprint density at radius 1 is 1.42 bits per heavy atom. The Kier molecular flexibility index (Phi) is 4.86. The van der Waals surface area contributed by atoms with E-state index in [2.05, 4.69) is 10.3 Å². The van der Waals surface area contributed by atoms with Gasteiger partial charge in [0.05, 0.1) is 18.9 Å². The van der Waals surface area contributed by atoms with Gasteiger partial charge in [0, 0.05) is 26.2 Å². The summed E-state index contributed by atoms with van der Waals surface area (Å²) in [5.41, 5.74) is 0.868. The second kappa shape index (κ2) is 6.63. The first kappa shape index (κ1) is 14.0. The maximum atomic E-state index is 11.1. The summed E-state index contributed by atoms with van der Waals surface area (Å²) in [6, 6.07) is 0. The number of carboxylic acid groups (broad SMARTS) is 1. The van der Waals surface area contributed by atoms with Crippen molar-refractivity contribution in [2.45, 2.75) is 31.7 Å². The van der Waals surface area contributed by atoms with E-state index in [4.69, 9.17) is 14.6 Å². The van der Waals surface area contributed by atoms with Crippen molar-refractivity contribution in [3.8, 4) is 0 Å². The lowest BCUT2D eigenvalue weighted by Crippen LogP contribution is -2.10. The molecular formula is C12H19N3O4. The van der Waals surface area contributed by atoms with Gasteiger partial charge in [-0.1, -0.05) is 5.21 Å². The van der Waals surface area contributed by atoms with Crippen LogP contribution < -0.4 is 0 Å². The molecule has 1 heterocycles. The van der Waals surface area contributed by atoms with Gasteiger partial charge in [-0.15, -0.1) is 5.10 Å². The fraction of sp³-hybridized carbons (Fsp3) is 0.750. The highest BCUT2D eigenvalue weighted by Crippen LogP contribution is 2.41. The molecule has 0 saturated heterocycles. The lowest BCUT2D eigenvalue weighted by Gasteiger charge is -2.06. The Hall–Kier alpha value is -1.47. The van der Waals surface area contributed by atoms with Crippen LogP contribution in [-0.4, -0.2) is 53.0 Å². The van der Waals surface area contributed by atoms with Crippen LogP contribution in [0.2, 0.25) is 0 Å². The molecule has 2 rings (SSSR count). The third kappa shape index (κ3) is 3.74. The fourth-order valence-electron chi connectivity index (χ4n) is 1.96. The number of methoxy groups -OCH3 is 1. The van der Waals surface area contributed by atoms with E-state index in [1.165, 1.54) is 0 Å². The molecule has 0 amide bonds. The number of aromatic carboxylic acids is 1. The molecule has 1 fully saturated rings. The number of carbonyl (C=O) groups is 1. The second-order valence-corrected chi connectivity index (χ2v) is 4.58. The second-order valence-electron chi connectivity index (χ2n) is 4.58.